The van der Waals surface area contributed by atoms with E-state index in [4.69, 9.17) is 9.15 Å². The summed E-state index contributed by atoms with van der Waals surface area (Å²) in [4.78, 5) is 24.5. The molecule has 0 atom stereocenters. The molecule has 1 heterocycles. The molecule has 0 spiro atoms. The van der Waals surface area contributed by atoms with Crippen molar-refractivity contribution in [3.63, 3.8) is 0 Å². The van der Waals surface area contributed by atoms with Gasteiger partial charge in [0, 0.05) is 16.8 Å². The highest BCUT2D eigenvalue weighted by atomic mass is 16.5. The van der Waals surface area contributed by atoms with E-state index >= 15 is 0 Å². The molecule has 0 saturated heterocycles. The molecular formula is C24H23NO4. The zero-order chi connectivity index (χ0) is 20.6. The van der Waals surface area contributed by atoms with Crippen molar-refractivity contribution in [3.05, 3.63) is 83.6 Å². The van der Waals surface area contributed by atoms with Crippen molar-refractivity contribution in [1.29, 1.82) is 0 Å². The minimum Gasteiger partial charge on any atom is -0.463 e. The Morgan fingerprint density at radius 3 is 2.52 bits per heavy atom. The van der Waals surface area contributed by atoms with E-state index in [1.165, 1.54) is 0 Å². The van der Waals surface area contributed by atoms with E-state index < -0.39 is 0 Å². The summed E-state index contributed by atoms with van der Waals surface area (Å²) in [6.07, 6.45) is 2.33. The molecule has 0 fully saturated rings. The predicted molar refractivity (Wildman–Crippen MR) is 113 cm³/mol. The first-order valence-corrected chi connectivity index (χ1v) is 9.55. The second kappa shape index (κ2) is 9.55. The summed E-state index contributed by atoms with van der Waals surface area (Å²) in [7, 11) is 0. The van der Waals surface area contributed by atoms with Gasteiger partial charge in [0.1, 0.15) is 5.76 Å². The lowest BCUT2D eigenvalue weighted by atomic mass is 10.1. The van der Waals surface area contributed by atoms with Gasteiger partial charge in [-0.25, -0.2) is 4.79 Å². The summed E-state index contributed by atoms with van der Waals surface area (Å²) in [5, 5.41) is 2.83. The van der Waals surface area contributed by atoms with Gasteiger partial charge in [-0.1, -0.05) is 49.4 Å². The molecule has 5 nitrogen and oxygen atoms in total. The predicted octanol–water partition coefficient (Wildman–Crippen LogP) is 5.56. The SMILES string of the molecule is CCOC(=O)/C(=C/c1cccc(NC(=O)c2ccc(-c3ccccc3)o2)c1)CC. The number of ether oxygens (including phenoxy) is 1. The van der Waals surface area contributed by atoms with Crippen molar-refractivity contribution in [3.8, 4) is 11.3 Å². The van der Waals surface area contributed by atoms with Gasteiger partial charge in [0.05, 0.1) is 6.61 Å². The number of carbonyl (C=O) groups is 2. The highest BCUT2D eigenvalue weighted by Crippen LogP contribution is 2.23. The van der Waals surface area contributed by atoms with Gasteiger partial charge in [-0.15, -0.1) is 0 Å². The minimum atomic E-state index is -0.339. The summed E-state index contributed by atoms with van der Waals surface area (Å²) in [6, 6.07) is 20.3. The molecule has 0 saturated carbocycles. The van der Waals surface area contributed by atoms with E-state index in [-0.39, 0.29) is 17.6 Å². The van der Waals surface area contributed by atoms with Gasteiger partial charge in [0.2, 0.25) is 0 Å². The van der Waals surface area contributed by atoms with Crippen LogP contribution in [0.4, 0.5) is 5.69 Å². The molecule has 3 aromatic rings. The Balaban J connectivity index is 1.74. The number of hydrogen-bond donors (Lipinski definition) is 1. The molecule has 0 aliphatic carbocycles. The summed E-state index contributed by atoms with van der Waals surface area (Å²) < 4.78 is 10.8. The maximum atomic E-state index is 12.5. The van der Waals surface area contributed by atoms with Gasteiger partial charge in [0.15, 0.2) is 5.76 Å². The molecule has 0 radical (unpaired) electrons. The third-order valence-electron chi connectivity index (χ3n) is 4.29. The van der Waals surface area contributed by atoms with Crippen LogP contribution in [0.5, 0.6) is 0 Å². The number of hydrogen-bond acceptors (Lipinski definition) is 4. The first-order chi connectivity index (χ1) is 14.1. The van der Waals surface area contributed by atoms with Crippen LogP contribution < -0.4 is 5.32 Å². The monoisotopic (exact) mass is 389 g/mol. The van der Waals surface area contributed by atoms with Crippen LogP contribution in [0.3, 0.4) is 0 Å². The molecular weight excluding hydrogens is 366 g/mol. The highest BCUT2D eigenvalue weighted by molar-refractivity contribution is 6.02. The number of nitrogens with one attached hydrogen (secondary N) is 1. The Morgan fingerprint density at radius 2 is 1.79 bits per heavy atom. The highest BCUT2D eigenvalue weighted by Gasteiger charge is 2.13. The zero-order valence-electron chi connectivity index (χ0n) is 16.5. The number of esters is 1. The topological polar surface area (TPSA) is 68.5 Å². The summed E-state index contributed by atoms with van der Waals surface area (Å²) in [5.41, 5.74) is 2.90. The smallest absolute Gasteiger partial charge is 0.333 e. The third-order valence-corrected chi connectivity index (χ3v) is 4.29. The Hall–Kier alpha value is -3.60. The van der Waals surface area contributed by atoms with E-state index in [0.29, 0.717) is 30.0 Å². The standard InChI is InChI=1S/C24H23NO4/c1-3-18(24(27)28-4-2)15-17-9-8-12-20(16-17)25-23(26)22-14-13-21(29-22)19-10-6-5-7-11-19/h5-16H,3-4H2,1-2H3,(H,25,26)/b18-15+. The molecule has 1 amide bonds. The average Bonchev–Trinajstić information content (AvgIpc) is 3.23. The van der Waals surface area contributed by atoms with Crippen molar-refractivity contribution < 1.29 is 18.7 Å². The fraction of sp³-hybridized carbons (Fsp3) is 0.167. The van der Waals surface area contributed by atoms with Crippen LogP contribution in [0, 0.1) is 0 Å². The first kappa shape index (κ1) is 20.1. The Morgan fingerprint density at radius 1 is 1.00 bits per heavy atom. The number of amides is 1. The fourth-order valence-corrected chi connectivity index (χ4v) is 2.85. The Bertz CT molecular complexity index is 1020. The average molecular weight is 389 g/mol. The summed E-state index contributed by atoms with van der Waals surface area (Å²) in [5.74, 6) is 0.197. The van der Waals surface area contributed by atoms with Crippen molar-refractivity contribution in [1.82, 2.24) is 0 Å². The zero-order valence-corrected chi connectivity index (χ0v) is 16.5. The van der Waals surface area contributed by atoms with Crippen LogP contribution >= 0.6 is 0 Å². The lowest BCUT2D eigenvalue weighted by molar-refractivity contribution is -0.138. The van der Waals surface area contributed by atoms with Crippen LogP contribution in [0.2, 0.25) is 0 Å². The maximum absolute atomic E-state index is 12.5. The Kier molecular flexibility index (Phi) is 6.63. The maximum Gasteiger partial charge on any atom is 0.333 e. The molecule has 1 N–H and O–H groups in total. The van der Waals surface area contributed by atoms with Crippen LogP contribution in [0.25, 0.3) is 17.4 Å². The van der Waals surface area contributed by atoms with E-state index in [2.05, 4.69) is 5.32 Å². The number of anilines is 1. The van der Waals surface area contributed by atoms with E-state index in [9.17, 15) is 9.59 Å². The molecule has 29 heavy (non-hydrogen) atoms. The third kappa shape index (κ3) is 5.23. The number of rotatable bonds is 7. The minimum absolute atomic E-state index is 0.227. The lowest BCUT2D eigenvalue weighted by Crippen LogP contribution is -2.11. The summed E-state index contributed by atoms with van der Waals surface area (Å²) in [6.45, 7) is 4.01. The van der Waals surface area contributed by atoms with Crippen molar-refractivity contribution in [2.75, 3.05) is 11.9 Å². The molecule has 5 heteroatoms. The second-order valence-corrected chi connectivity index (χ2v) is 6.35. The molecule has 3 rings (SSSR count). The largest absolute Gasteiger partial charge is 0.463 e. The molecule has 0 unspecified atom stereocenters. The molecule has 0 aliphatic rings. The van der Waals surface area contributed by atoms with Gasteiger partial charge in [-0.2, -0.15) is 0 Å². The van der Waals surface area contributed by atoms with Crippen molar-refractivity contribution in [2.24, 2.45) is 0 Å². The van der Waals surface area contributed by atoms with Gasteiger partial charge < -0.3 is 14.5 Å². The van der Waals surface area contributed by atoms with E-state index in [1.54, 1.807) is 37.3 Å². The lowest BCUT2D eigenvalue weighted by Gasteiger charge is -2.07. The molecule has 148 valence electrons. The van der Waals surface area contributed by atoms with Gasteiger partial charge in [0.25, 0.3) is 5.91 Å². The van der Waals surface area contributed by atoms with Gasteiger partial charge in [-0.05, 0) is 49.2 Å². The molecule has 1 aromatic heterocycles. The van der Waals surface area contributed by atoms with E-state index in [1.807, 2.05) is 49.4 Å². The normalized spacial score (nSPS) is 11.2. The number of furan rings is 1. The van der Waals surface area contributed by atoms with Crippen LogP contribution in [-0.4, -0.2) is 18.5 Å². The second-order valence-electron chi connectivity index (χ2n) is 6.35. The Labute approximate surface area is 170 Å². The first-order valence-electron chi connectivity index (χ1n) is 9.55. The number of benzene rings is 2. The molecule has 2 aromatic carbocycles. The van der Waals surface area contributed by atoms with Gasteiger partial charge in [-0.3, -0.25) is 4.79 Å². The van der Waals surface area contributed by atoms with Crippen LogP contribution in [0.15, 0.2) is 76.7 Å². The summed E-state index contributed by atoms with van der Waals surface area (Å²) >= 11 is 0. The quantitative estimate of drug-likeness (QED) is 0.425. The fourth-order valence-electron chi connectivity index (χ4n) is 2.85. The van der Waals surface area contributed by atoms with Crippen molar-refractivity contribution >= 4 is 23.6 Å². The van der Waals surface area contributed by atoms with Crippen LogP contribution in [0.1, 0.15) is 36.4 Å². The molecule has 0 bridgehead atoms. The molecule has 0 aliphatic heterocycles. The number of carbonyl (C=O) groups excluding carboxylic acids is 2. The van der Waals surface area contributed by atoms with E-state index in [0.717, 1.165) is 11.1 Å². The van der Waals surface area contributed by atoms with Gasteiger partial charge >= 0.3 is 5.97 Å². The van der Waals surface area contributed by atoms with Crippen molar-refractivity contribution in [2.45, 2.75) is 20.3 Å². The van der Waals surface area contributed by atoms with Crippen LogP contribution in [-0.2, 0) is 9.53 Å².